The first-order valence-electron chi connectivity index (χ1n) is 3.04. The van der Waals surface area contributed by atoms with Crippen LogP contribution in [0.1, 0.15) is 6.42 Å². The zero-order chi connectivity index (χ0) is 8.41. The van der Waals surface area contributed by atoms with Gasteiger partial charge in [-0.25, -0.2) is 5.26 Å². The van der Waals surface area contributed by atoms with Crippen LogP contribution in [0.25, 0.3) is 0 Å². The maximum Gasteiger partial charge on any atom is 0.229 e. The van der Waals surface area contributed by atoms with Crippen molar-refractivity contribution in [2.24, 2.45) is 0 Å². The largest absolute Gasteiger partial charge is 0.309 e. The Kier molecular flexibility index (Phi) is 13.3. The lowest BCUT2D eigenvalue weighted by atomic mass is 10.2. The van der Waals surface area contributed by atoms with E-state index in [1.165, 1.54) is 5.97 Å². The molecule has 0 rings (SSSR count). The minimum Gasteiger partial charge on any atom is -0.309 e. The van der Waals surface area contributed by atoms with Crippen LogP contribution in [0, 0.1) is 11.2 Å². The van der Waals surface area contributed by atoms with E-state index in [0.29, 0.717) is 0 Å². The highest BCUT2D eigenvalue weighted by Gasteiger charge is 1.81. The van der Waals surface area contributed by atoms with Crippen molar-refractivity contribution in [2.75, 3.05) is 20.6 Å². The Morgan fingerprint density at radius 3 is 2.20 bits per heavy atom. The highest BCUT2D eigenvalue weighted by molar-refractivity contribution is 6.20. The molecule has 54 valence electrons. The van der Waals surface area contributed by atoms with E-state index in [1.54, 1.807) is 0 Å². The molecule has 0 atom stereocenters. The third-order valence-electron chi connectivity index (χ3n) is 0.780. The van der Waals surface area contributed by atoms with Gasteiger partial charge in [-0.2, -0.15) is 0 Å². The summed E-state index contributed by atoms with van der Waals surface area (Å²) < 4.78 is 0. The van der Waals surface area contributed by atoms with Crippen LogP contribution in [-0.2, 0) is 0 Å². The molecule has 0 aromatic heterocycles. The molecule has 2 nitrogen and oxygen atoms in total. The Balaban J connectivity index is 0. The van der Waals surface area contributed by atoms with Crippen LogP contribution in [0.15, 0.2) is 12.7 Å². The van der Waals surface area contributed by atoms with Gasteiger partial charge < -0.3 is 4.90 Å². The van der Waals surface area contributed by atoms with Gasteiger partial charge in [-0.1, -0.05) is 6.08 Å². The van der Waals surface area contributed by atoms with Crippen LogP contribution >= 0.6 is 0 Å². The highest BCUT2D eigenvalue weighted by Crippen LogP contribution is 1.80. The molecule has 3 heteroatoms. The average Bonchev–Trinajstić information content (AvgIpc) is 1.85. The predicted molar refractivity (Wildman–Crippen MR) is 44.7 cm³/mol. The van der Waals surface area contributed by atoms with Gasteiger partial charge in [0, 0.05) is 6.54 Å². The third kappa shape index (κ3) is 26.8. The lowest BCUT2D eigenvalue weighted by Crippen LogP contribution is -2.11. The SMILES string of the molecule is C=CCCN(C)C.[B]C#N. The van der Waals surface area contributed by atoms with Crippen molar-refractivity contribution in [1.82, 2.24) is 4.90 Å². The van der Waals surface area contributed by atoms with Gasteiger partial charge in [0.1, 0.15) is 0 Å². The van der Waals surface area contributed by atoms with Gasteiger partial charge in [0.15, 0.2) is 0 Å². The molecule has 0 aliphatic rings. The van der Waals surface area contributed by atoms with E-state index in [2.05, 4.69) is 33.4 Å². The normalized spacial score (nSPS) is 7.40. The van der Waals surface area contributed by atoms with E-state index < -0.39 is 0 Å². The summed E-state index contributed by atoms with van der Waals surface area (Å²) in [4.78, 5) is 2.14. The summed E-state index contributed by atoms with van der Waals surface area (Å²) in [5, 5.41) is 7.10. The second-order valence-electron chi connectivity index (χ2n) is 2.01. The molecule has 0 bridgehead atoms. The van der Waals surface area contributed by atoms with E-state index in [4.69, 9.17) is 5.26 Å². The van der Waals surface area contributed by atoms with Crippen molar-refractivity contribution in [3.05, 3.63) is 12.7 Å². The maximum absolute atomic E-state index is 7.10. The van der Waals surface area contributed by atoms with E-state index in [1.807, 2.05) is 6.08 Å². The molecule has 0 N–H and O–H groups in total. The van der Waals surface area contributed by atoms with E-state index in [0.717, 1.165) is 13.0 Å². The molecule has 2 radical (unpaired) electrons. The second-order valence-corrected chi connectivity index (χ2v) is 2.01. The van der Waals surface area contributed by atoms with Gasteiger partial charge in [-0.3, -0.25) is 0 Å². The van der Waals surface area contributed by atoms with E-state index in [-0.39, 0.29) is 0 Å². The third-order valence-corrected chi connectivity index (χ3v) is 0.780. The molecule has 0 aliphatic heterocycles. The summed E-state index contributed by atoms with van der Waals surface area (Å²) in [5.41, 5.74) is 0. The van der Waals surface area contributed by atoms with Gasteiger partial charge >= 0.3 is 0 Å². The lowest BCUT2D eigenvalue weighted by molar-refractivity contribution is 0.417. The molecule has 0 amide bonds. The minimum atomic E-state index is 1.09. The number of nitriles is 1. The Hall–Kier alpha value is -0.745. The van der Waals surface area contributed by atoms with Crippen LogP contribution < -0.4 is 0 Å². The Morgan fingerprint density at radius 2 is 2.10 bits per heavy atom. The van der Waals surface area contributed by atoms with Crippen LogP contribution in [0.4, 0.5) is 0 Å². The number of hydrogen-bond donors (Lipinski definition) is 0. The van der Waals surface area contributed by atoms with E-state index in [9.17, 15) is 0 Å². The first kappa shape index (κ1) is 12.0. The minimum absolute atomic E-state index is 1.09. The number of nitrogens with zero attached hydrogens (tertiary/aromatic N) is 2. The summed E-state index contributed by atoms with van der Waals surface area (Å²) in [6.07, 6.45) is 3.02. The van der Waals surface area contributed by atoms with E-state index >= 15 is 0 Å². The monoisotopic (exact) mass is 136 g/mol. The fraction of sp³-hybridized carbons (Fsp3) is 0.571. The summed E-state index contributed by atoms with van der Waals surface area (Å²) in [6, 6.07) is 0. The molecule has 0 aromatic carbocycles. The Bertz CT molecular complexity index is 105. The smallest absolute Gasteiger partial charge is 0.229 e. The van der Waals surface area contributed by atoms with Crippen LogP contribution in [0.3, 0.4) is 0 Å². The number of rotatable bonds is 3. The Morgan fingerprint density at radius 1 is 1.70 bits per heavy atom. The topological polar surface area (TPSA) is 27.0 Å². The fourth-order valence-corrected chi connectivity index (χ4v) is 0.349. The summed E-state index contributed by atoms with van der Waals surface area (Å²) in [6.45, 7) is 4.72. The highest BCUT2D eigenvalue weighted by atomic mass is 15.0. The molecule has 0 saturated heterocycles. The fourth-order valence-electron chi connectivity index (χ4n) is 0.349. The lowest BCUT2D eigenvalue weighted by Gasteiger charge is -2.04. The van der Waals surface area contributed by atoms with Gasteiger partial charge in [-0.05, 0) is 26.5 Å². The van der Waals surface area contributed by atoms with Crippen molar-refractivity contribution in [3.63, 3.8) is 0 Å². The second kappa shape index (κ2) is 11.1. The molecule has 0 aromatic rings. The van der Waals surface area contributed by atoms with Crippen LogP contribution in [0.2, 0.25) is 0 Å². The van der Waals surface area contributed by atoms with Crippen molar-refractivity contribution in [3.8, 4) is 5.97 Å². The van der Waals surface area contributed by atoms with Gasteiger partial charge in [0.25, 0.3) is 0 Å². The van der Waals surface area contributed by atoms with Gasteiger partial charge in [0.2, 0.25) is 7.85 Å². The summed E-state index contributed by atoms with van der Waals surface area (Å²) in [5.74, 6) is 1.25. The standard InChI is InChI=1S/C6H13N.CBN/c1-4-5-6-7(2)3;2-1-3/h4H,1,5-6H2,2-3H3;. The van der Waals surface area contributed by atoms with Crippen molar-refractivity contribution in [1.29, 1.82) is 5.26 Å². The van der Waals surface area contributed by atoms with Crippen molar-refractivity contribution < 1.29 is 0 Å². The Labute approximate surface area is 64.5 Å². The maximum atomic E-state index is 7.10. The van der Waals surface area contributed by atoms with Crippen LogP contribution in [-0.4, -0.2) is 33.4 Å². The molecule has 0 fully saturated rings. The molecule has 0 saturated carbocycles. The van der Waals surface area contributed by atoms with Crippen molar-refractivity contribution in [2.45, 2.75) is 6.42 Å². The summed E-state index contributed by atoms with van der Waals surface area (Å²) in [7, 11) is 8.27. The molecular formula is C7H13BN2. The quantitative estimate of drug-likeness (QED) is 0.423. The molecule has 0 heterocycles. The molecule has 0 spiro atoms. The van der Waals surface area contributed by atoms with Gasteiger partial charge in [-0.15, -0.1) is 6.58 Å². The molecular weight excluding hydrogens is 123 g/mol. The van der Waals surface area contributed by atoms with Crippen molar-refractivity contribution >= 4 is 7.85 Å². The first-order valence-corrected chi connectivity index (χ1v) is 3.04. The zero-order valence-corrected chi connectivity index (χ0v) is 6.67. The summed E-state index contributed by atoms with van der Waals surface area (Å²) >= 11 is 0. The zero-order valence-electron chi connectivity index (χ0n) is 6.67. The molecule has 10 heavy (non-hydrogen) atoms. The average molecular weight is 136 g/mol. The van der Waals surface area contributed by atoms with Crippen LogP contribution in [0.5, 0.6) is 0 Å². The molecule has 0 aliphatic carbocycles. The number of hydrogen-bond acceptors (Lipinski definition) is 2. The predicted octanol–water partition coefficient (Wildman–Crippen LogP) is 0.760. The first-order chi connectivity index (χ1) is 4.68. The molecule has 0 unspecified atom stereocenters. The van der Waals surface area contributed by atoms with Gasteiger partial charge in [0.05, 0.1) is 0 Å².